The van der Waals surface area contributed by atoms with Crippen molar-refractivity contribution in [3.8, 4) is 5.75 Å². The highest BCUT2D eigenvalue weighted by Gasteiger charge is 2.14. The number of aromatic hydroxyl groups is 1. The van der Waals surface area contributed by atoms with Crippen LogP contribution in [0.3, 0.4) is 0 Å². The molecule has 1 aromatic rings. The van der Waals surface area contributed by atoms with Gasteiger partial charge in [-0.15, -0.1) is 0 Å². The van der Waals surface area contributed by atoms with Gasteiger partial charge >= 0.3 is 5.97 Å². The number of carbonyl (C=O) groups excluding carboxylic acids is 1. The normalized spacial score (nSPS) is 12.1. The number of carbonyl (C=O) groups is 1. The van der Waals surface area contributed by atoms with Gasteiger partial charge in [0.15, 0.2) is 0 Å². The molecule has 0 bridgehead atoms. The van der Waals surface area contributed by atoms with E-state index in [-0.39, 0.29) is 17.6 Å². The summed E-state index contributed by atoms with van der Waals surface area (Å²) < 4.78 is 4.90. The molecular weight excluding hydrogens is 192 g/mol. The Morgan fingerprint density at radius 2 is 2.27 bits per heavy atom. The van der Waals surface area contributed by atoms with Crippen molar-refractivity contribution in [1.82, 2.24) is 0 Å². The summed E-state index contributed by atoms with van der Waals surface area (Å²) in [5, 5.41) is 9.25. The Hall–Kier alpha value is -1.51. The molecule has 0 radical (unpaired) electrons. The Morgan fingerprint density at radius 1 is 1.53 bits per heavy atom. The van der Waals surface area contributed by atoms with Crippen LogP contribution >= 0.6 is 0 Å². The van der Waals surface area contributed by atoms with Gasteiger partial charge in [0.05, 0.1) is 12.5 Å². The van der Waals surface area contributed by atoms with E-state index in [1.54, 1.807) is 25.1 Å². The first-order valence-electron chi connectivity index (χ1n) is 5.08. The average Bonchev–Trinajstić information content (AvgIpc) is 2.18. The van der Waals surface area contributed by atoms with Crippen LogP contribution in [0, 0.1) is 5.92 Å². The largest absolute Gasteiger partial charge is 0.508 e. The summed E-state index contributed by atoms with van der Waals surface area (Å²) in [5.74, 6) is -0.142. The Bertz CT molecular complexity index is 333. The Labute approximate surface area is 89.7 Å². The fraction of sp³-hybridized carbons (Fsp3) is 0.417. The number of rotatable bonds is 4. The molecule has 0 spiro atoms. The SMILES string of the molecule is CCOC(=O)[C@H](C)Cc1cccc(O)c1. The second kappa shape index (κ2) is 5.39. The molecule has 0 saturated carbocycles. The lowest BCUT2D eigenvalue weighted by Gasteiger charge is -2.10. The minimum atomic E-state index is -0.194. The molecule has 0 unspecified atom stereocenters. The van der Waals surface area contributed by atoms with Gasteiger partial charge in [-0.05, 0) is 31.0 Å². The van der Waals surface area contributed by atoms with Gasteiger partial charge in [0.25, 0.3) is 0 Å². The second-order valence-electron chi connectivity index (χ2n) is 3.53. The number of ether oxygens (including phenoxy) is 1. The zero-order chi connectivity index (χ0) is 11.3. The quantitative estimate of drug-likeness (QED) is 0.771. The first-order valence-corrected chi connectivity index (χ1v) is 5.08. The molecule has 3 nitrogen and oxygen atoms in total. The smallest absolute Gasteiger partial charge is 0.308 e. The molecule has 0 aromatic heterocycles. The van der Waals surface area contributed by atoms with Crippen molar-refractivity contribution in [3.63, 3.8) is 0 Å². The van der Waals surface area contributed by atoms with Crippen LogP contribution < -0.4 is 0 Å². The molecule has 0 aliphatic rings. The van der Waals surface area contributed by atoms with E-state index in [2.05, 4.69) is 0 Å². The Morgan fingerprint density at radius 3 is 2.87 bits per heavy atom. The molecule has 82 valence electrons. The van der Waals surface area contributed by atoms with E-state index in [0.29, 0.717) is 13.0 Å². The van der Waals surface area contributed by atoms with Crippen molar-refractivity contribution >= 4 is 5.97 Å². The summed E-state index contributed by atoms with van der Waals surface area (Å²) in [4.78, 5) is 11.3. The number of esters is 1. The van der Waals surface area contributed by atoms with Crippen molar-refractivity contribution in [3.05, 3.63) is 29.8 Å². The number of benzene rings is 1. The number of phenols is 1. The molecule has 1 N–H and O–H groups in total. The zero-order valence-electron chi connectivity index (χ0n) is 9.06. The van der Waals surface area contributed by atoms with Gasteiger partial charge in [0, 0.05) is 0 Å². The van der Waals surface area contributed by atoms with Crippen molar-refractivity contribution in [2.75, 3.05) is 6.61 Å². The van der Waals surface area contributed by atoms with Crippen LogP contribution in [0.5, 0.6) is 5.75 Å². The van der Waals surface area contributed by atoms with Crippen LogP contribution in [-0.2, 0) is 16.0 Å². The van der Waals surface area contributed by atoms with E-state index >= 15 is 0 Å². The van der Waals surface area contributed by atoms with Crippen molar-refractivity contribution < 1.29 is 14.6 Å². The number of hydrogen-bond donors (Lipinski definition) is 1. The predicted octanol–water partition coefficient (Wildman–Crippen LogP) is 2.13. The van der Waals surface area contributed by atoms with Gasteiger partial charge in [-0.25, -0.2) is 0 Å². The third-order valence-electron chi connectivity index (χ3n) is 2.14. The Balaban J connectivity index is 2.58. The summed E-state index contributed by atoms with van der Waals surface area (Å²) in [6.45, 7) is 4.02. The molecule has 1 rings (SSSR count). The molecule has 15 heavy (non-hydrogen) atoms. The lowest BCUT2D eigenvalue weighted by Crippen LogP contribution is -2.16. The molecule has 3 heteroatoms. The summed E-state index contributed by atoms with van der Waals surface area (Å²) in [6.07, 6.45) is 0.591. The van der Waals surface area contributed by atoms with Crippen LogP contribution in [-0.4, -0.2) is 17.7 Å². The van der Waals surface area contributed by atoms with E-state index in [4.69, 9.17) is 4.74 Å². The first kappa shape index (κ1) is 11.6. The molecular formula is C12H16O3. The standard InChI is InChI=1S/C12H16O3/c1-3-15-12(14)9(2)7-10-5-4-6-11(13)8-10/h4-6,8-9,13H,3,7H2,1-2H3/t9-/m1/s1. The highest BCUT2D eigenvalue weighted by atomic mass is 16.5. The maximum atomic E-state index is 11.3. The predicted molar refractivity (Wildman–Crippen MR) is 57.6 cm³/mol. The number of phenolic OH excluding ortho intramolecular Hbond substituents is 1. The molecule has 0 saturated heterocycles. The molecule has 1 aromatic carbocycles. The van der Waals surface area contributed by atoms with Gasteiger partial charge in [0.1, 0.15) is 5.75 Å². The maximum absolute atomic E-state index is 11.3. The van der Waals surface area contributed by atoms with Crippen LogP contribution in [0.4, 0.5) is 0 Å². The molecule has 0 aliphatic carbocycles. The van der Waals surface area contributed by atoms with Crippen molar-refractivity contribution in [2.24, 2.45) is 5.92 Å². The van der Waals surface area contributed by atoms with Gasteiger partial charge < -0.3 is 9.84 Å². The molecule has 0 heterocycles. The number of hydrogen-bond acceptors (Lipinski definition) is 3. The van der Waals surface area contributed by atoms with Gasteiger partial charge in [-0.1, -0.05) is 19.1 Å². The fourth-order valence-electron chi connectivity index (χ4n) is 1.40. The van der Waals surface area contributed by atoms with Crippen molar-refractivity contribution in [2.45, 2.75) is 20.3 Å². The van der Waals surface area contributed by atoms with E-state index in [1.165, 1.54) is 0 Å². The van der Waals surface area contributed by atoms with E-state index < -0.39 is 0 Å². The molecule has 1 atom stereocenters. The lowest BCUT2D eigenvalue weighted by molar-refractivity contribution is -0.147. The van der Waals surface area contributed by atoms with E-state index in [1.807, 2.05) is 13.0 Å². The van der Waals surface area contributed by atoms with Gasteiger partial charge in [-0.2, -0.15) is 0 Å². The van der Waals surface area contributed by atoms with E-state index in [0.717, 1.165) is 5.56 Å². The summed E-state index contributed by atoms with van der Waals surface area (Å²) >= 11 is 0. The fourth-order valence-corrected chi connectivity index (χ4v) is 1.40. The third-order valence-corrected chi connectivity index (χ3v) is 2.14. The average molecular weight is 208 g/mol. The lowest BCUT2D eigenvalue weighted by atomic mass is 10.0. The summed E-state index contributed by atoms with van der Waals surface area (Å²) in [7, 11) is 0. The van der Waals surface area contributed by atoms with Crippen LogP contribution in [0.25, 0.3) is 0 Å². The minimum absolute atomic E-state index is 0.174. The van der Waals surface area contributed by atoms with Crippen molar-refractivity contribution in [1.29, 1.82) is 0 Å². The molecule has 0 aliphatic heterocycles. The maximum Gasteiger partial charge on any atom is 0.308 e. The second-order valence-corrected chi connectivity index (χ2v) is 3.53. The minimum Gasteiger partial charge on any atom is -0.508 e. The van der Waals surface area contributed by atoms with Crippen LogP contribution in [0.15, 0.2) is 24.3 Å². The van der Waals surface area contributed by atoms with Gasteiger partial charge in [0.2, 0.25) is 0 Å². The Kier molecular flexibility index (Phi) is 4.16. The molecule has 0 amide bonds. The highest BCUT2D eigenvalue weighted by molar-refractivity contribution is 5.72. The zero-order valence-corrected chi connectivity index (χ0v) is 9.06. The monoisotopic (exact) mass is 208 g/mol. The first-order chi connectivity index (χ1) is 7.13. The topological polar surface area (TPSA) is 46.5 Å². The third kappa shape index (κ3) is 3.62. The van der Waals surface area contributed by atoms with Crippen LogP contribution in [0.2, 0.25) is 0 Å². The summed E-state index contributed by atoms with van der Waals surface area (Å²) in [5.41, 5.74) is 0.940. The van der Waals surface area contributed by atoms with Gasteiger partial charge in [-0.3, -0.25) is 4.79 Å². The van der Waals surface area contributed by atoms with Crippen LogP contribution in [0.1, 0.15) is 19.4 Å². The highest BCUT2D eigenvalue weighted by Crippen LogP contribution is 2.15. The molecule has 0 fully saturated rings. The summed E-state index contributed by atoms with van der Waals surface area (Å²) in [6, 6.07) is 6.92. The van der Waals surface area contributed by atoms with E-state index in [9.17, 15) is 9.90 Å².